The molecule has 33 heavy (non-hydrogen) atoms. The van der Waals surface area contributed by atoms with Crippen LogP contribution in [-0.2, 0) is 19.0 Å². The van der Waals surface area contributed by atoms with Gasteiger partial charge in [0.25, 0.3) is 0 Å². The summed E-state index contributed by atoms with van der Waals surface area (Å²) in [6.07, 6.45) is 0. The number of hydrogen-bond acceptors (Lipinski definition) is 10. The van der Waals surface area contributed by atoms with Crippen LogP contribution < -0.4 is 15.1 Å². The monoisotopic (exact) mass is 471 g/mol. The molecule has 10 heteroatoms. The third kappa shape index (κ3) is 4.30. The molecule has 1 atom stereocenters. The Hall–Kier alpha value is -2.69. The second-order valence-corrected chi connectivity index (χ2v) is 8.96. The number of anilines is 3. The molecule has 0 aliphatic carbocycles. The maximum atomic E-state index is 13.1. The summed E-state index contributed by atoms with van der Waals surface area (Å²) in [5.74, 6) is 1.66. The number of rotatable bonds is 5. The molecule has 1 unspecified atom stereocenters. The zero-order valence-electron chi connectivity index (χ0n) is 19.0. The minimum atomic E-state index is -0.311. The molecule has 9 nitrogen and oxygen atoms in total. The summed E-state index contributed by atoms with van der Waals surface area (Å²) in [5.41, 5.74) is 3.33. The number of allylic oxidation sites excluding steroid dienone is 1. The van der Waals surface area contributed by atoms with E-state index in [-0.39, 0.29) is 11.9 Å². The topological polar surface area (TPSA) is 89.0 Å². The van der Waals surface area contributed by atoms with E-state index in [1.165, 1.54) is 0 Å². The fraction of sp³-hybridized carbons (Fsp3) is 0.522. The zero-order valence-corrected chi connectivity index (χ0v) is 19.8. The van der Waals surface area contributed by atoms with Crippen LogP contribution in [0, 0.1) is 0 Å². The predicted molar refractivity (Wildman–Crippen MR) is 127 cm³/mol. The number of fused-ring (bicyclic) bond motifs is 1. The van der Waals surface area contributed by atoms with Gasteiger partial charge in [0.1, 0.15) is 11.6 Å². The first kappa shape index (κ1) is 22.1. The van der Waals surface area contributed by atoms with Crippen LogP contribution in [0.25, 0.3) is 0 Å². The molecule has 5 heterocycles. The lowest BCUT2D eigenvalue weighted by Crippen LogP contribution is -2.41. The van der Waals surface area contributed by atoms with Gasteiger partial charge in [0.15, 0.2) is 0 Å². The fourth-order valence-electron chi connectivity index (χ4n) is 4.59. The van der Waals surface area contributed by atoms with E-state index in [0.717, 1.165) is 54.6 Å². The van der Waals surface area contributed by atoms with Crippen LogP contribution in [0.15, 0.2) is 28.1 Å². The lowest BCUT2D eigenvalue weighted by atomic mass is 9.83. The predicted octanol–water partition coefficient (Wildman–Crippen LogP) is 2.61. The first-order chi connectivity index (χ1) is 16.2. The molecule has 0 saturated carbocycles. The molecule has 1 N–H and O–H groups in total. The largest absolute Gasteiger partial charge is 0.463 e. The Bertz CT molecular complexity index is 1030. The summed E-state index contributed by atoms with van der Waals surface area (Å²) in [4.78, 5) is 27.5. The van der Waals surface area contributed by atoms with E-state index in [1.54, 1.807) is 11.3 Å². The van der Waals surface area contributed by atoms with Crippen LogP contribution >= 0.6 is 11.3 Å². The van der Waals surface area contributed by atoms with E-state index in [9.17, 15) is 4.79 Å². The van der Waals surface area contributed by atoms with Crippen molar-refractivity contribution in [1.82, 2.24) is 9.97 Å². The maximum absolute atomic E-state index is 13.1. The van der Waals surface area contributed by atoms with E-state index >= 15 is 0 Å². The summed E-state index contributed by atoms with van der Waals surface area (Å²) in [6.45, 7) is 9.63. The van der Waals surface area contributed by atoms with Crippen LogP contribution in [0.5, 0.6) is 0 Å². The van der Waals surface area contributed by atoms with E-state index in [0.29, 0.717) is 44.6 Å². The van der Waals surface area contributed by atoms with Gasteiger partial charge < -0.3 is 29.3 Å². The number of esters is 1. The highest BCUT2D eigenvalue weighted by molar-refractivity contribution is 7.08. The van der Waals surface area contributed by atoms with Crippen LogP contribution in [0.4, 0.5) is 17.6 Å². The molecule has 3 aliphatic rings. The van der Waals surface area contributed by atoms with Gasteiger partial charge in [0.05, 0.1) is 44.5 Å². The van der Waals surface area contributed by atoms with Crippen molar-refractivity contribution in [2.24, 2.45) is 0 Å². The molecule has 2 fully saturated rings. The summed E-state index contributed by atoms with van der Waals surface area (Å²) in [6, 6.07) is 2.07. The van der Waals surface area contributed by atoms with Gasteiger partial charge in [-0.3, -0.25) is 0 Å². The third-order valence-electron chi connectivity index (χ3n) is 6.18. The summed E-state index contributed by atoms with van der Waals surface area (Å²) < 4.78 is 16.6. The van der Waals surface area contributed by atoms with Crippen LogP contribution in [0.2, 0.25) is 0 Å². The second kappa shape index (κ2) is 9.66. The van der Waals surface area contributed by atoms with Crippen molar-refractivity contribution in [3.8, 4) is 0 Å². The number of ether oxygens (including phenoxy) is 3. The van der Waals surface area contributed by atoms with Gasteiger partial charge in [-0.05, 0) is 36.2 Å². The molecule has 3 aliphatic heterocycles. The number of carbonyl (C=O) groups is 1. The Balaban J connectivity index is 1.68. The Morgan fingerprint density at radius 2 is 1.85 bits per heavy atom. The average molecular weight is 472 g/mol. The van der Waals surface area contributed by atoms with Gasteiger partial charge >= 0.3 is 5.97 Å². The number of carbonyl (C=O) groups excluding carboxylic acids is 1. The van der Waals surface area contributed by atoms with Crippen molar-refractivity contribution in [1.29, 1.82) is 0 Å². The minimum Gasteiger partial charge on any atom is -0.463 e. The zero-order chi connectivity index (χ0) is 22.8. The highest BCUT2D eigenvalue weighted by Crippen LogP contribution is 2.46. The van der Waals surface area contributed by atoms with E-state index in [1.807, 2.05) is 19.2 Å². The fourth-order valence-corrected chi connectivity index (χ4v) is 5.27. The van der Waals surface area contributed by atoms with Crippen LogP contribution in [0.1, 0.15) is 30.9 Å². The van der Waals surface area contributed by atoms with E-state index in [2.05, 4.69) is 26.6 Å². The Labute approximate surface area is 197 Å². The smallest absolute Gasteiger partial charge is 0.336 e. The number of hydrogen-bond donors (Lipinski definition) is 1. The lowest BCUT2D eigenvalue weighted by molar-refractivity contribution is -0.138. The summed E-state index contributed by atoms with van der Waals surface area (Å²) in [5, 5.41) is 7.54. The molecular formula is C23H29N5O4S. The highest BCUT2D eigenvalue weighted by Gasteiger charge is 2.38. The van der Waals surface area contributed by atoms with E-state index < -0.39 is 0 Å². The van der Waals surface area contributed by atoms with Gasteiger partial charge in [-0.15, -0.1) is 0 Å². The number of aromatic nitrogens is 2. The summed E-state index contributed by atoms with van der Waals surface area (Å²) in [7, 11) is 0. The Kier molecular flexibility index (Phi) is 6.48. The van der Waals surface area contributed by atoms with Crippen molar-refractivity contribution >= 4 is 34.9 Å². The molecule has 176 valence electrons. The van der Waals surface area contributed by atoms with Gasteiger partial charge in [0.2, 0.25) is 5.95 Å². The number of morpholine rings is 2. The van der Waals surface area contributed by atoms with Crippen molar-refractivity contribution < 1.29 is 19.0 Å². The van der Waals surface area contributed by atoms with Gasteiger partial charge in [-0.25, -0.2) is 4.79 Å². The van der Waals surface area contributed by atoms with Crippen LogP contribution in [0.3, 0.4) is 0 Å². The number of thiophene rings is 1. The Morgan fingerprint density at radius 1 is 1.15 bits per heavy atom. The molecule has 0 amide bonds. The normalized spacial score (nSPS) is 21.0. The first-order valence-electron chi connectivity index (χ1n) is 11.4. The van der Waals surface area contributed by atoms with Crippen molar-refractivity contribution in [3.05, 3.63) is 39.2 Å². The standard InChI is InChI=1S/C23H29N5O4S/c1-3-32-22(29)17-15(2)24-20-19(18(17)16-4-13-33-14-16)21(27-5-9-30-10-6-27)26-23(25-20)28-7-11-31-12-8-28/h4,13-14,18H,3,5-12H2,1-2H3,(H,24,25,26). The lowest BCUT2D eigenvalue weighted by Gasteiger charge is -2.36. The number of nitrogens with zero attached hydrogens (tertiary/aromatic N) is 4. The minimum absolute atomic E-state index is 0.303. The molecular weight excluding hydrogens is 442 g/mol. The van der Waals surface area contributed by atoms with Crippen LogP contribution in [-0.4, -0.2) is 75.2 Å². The van der Waals surface area contributed by atoms with Crippen molar-refractivity contribution in [2.45, 2.75) is 19.8 Å². The van der Waals surface area contributed by atoms with Gasteiger partial charge in [0, 0.05) is 37.4 Å². The van der Waals surface area contributed by atoms with Gasteiger partial charge in [-0.2, -0.15) is 21.3 Å². The van der Waals surface area contributed by atoms with Crippen molar-refractivity contribution in [3.63, 3.8) is 0 Å². The molecule has 0 aromatic carbocycles. The third-order valence-corrected chi connectivity index (χ3v) is 6.88. The second-order valence-electron chi connectivity index (χ2n) is 8.18. The quantitative estimate of drug-likeness (QED) is 0.661. The molecule has 2 aromatic rings. The highest BCUT2D eigenvalue weighted by atomic mass is 32.1. The molecule has 5 rings (SSSR count). The SMILES string of the molecule is CCOC(=O)C1=C(C)Nc2nc(N3CCOCC3)nc(N3CCOCC3)c2C1c1ccsc1. The molecule has 0 radical (unpaired) electrons. The van der Waals surface area contributed by atoms with Gasteiger partial charge in [-0.1, -0.05) is 0 Å². The molecule has 2 saturated heterocycles. The Morgan fingerprint density at radius 3 is 2.48 bits per heavy atom. The first-order valence-corrected chi connectivity index (χ1v) is 12.4. The average Bonchev–Trinajstić information content (AvgIpc) is 3.38. The summed E-state index contributed by atoms with van der Waals surface area (Å²) >= 11 is 1.61. The number of nitrogens with one attached hydrogen (secondary N) is 1. The molecule has 0 bridgehead atoms. The molecule has 0 spiro atoms. The molecule has 2 aromatic heterocycles. The van der Waals surface area contributed by atoms with E-state index in [4.69, 9.17) is 24.2 Å². The van der Waals surface area contributed by atoms with Crippen molar-refractivity contribution in [2.75, 3.05) is 74.3 Å². The maximum Gasteiger partial charge on any atom is 0.336 e.